The lowest BCUT2D eigenvalue weighted by atomic mass is 9.79. The highest BCUT2D eigenvalue weighted by atomic mass is 16.5. The Morgan fingerprint density at radius 2 is 1.77 bits per heavy atom. The van der Waals surface area contributed by atoms with Crippen LogP contribution in [0.25, 0.3) is 0 Å². The van der Waals surface area contributed by atoms with Crippen LogP contribution >= 0.6 is 0 Å². The van der Waals surface area contributed by atoms with Crippen molar-refractivity contribution >= 4 is 17.3 Å². The quantitative estimate of drug-likeness (QED) is 0.278. The number of hydrogen-bond donors (Lipinski definition) is 6. The highest BCUT2D eigenvalue weighted by Crippen LogP contribution is 2.34. The SMILES string of the molecule is COC1CNCC(C2CCNC(Nc3cc(C(=O)NC4Cc5ccccc5NC4C4CCCCCCC4)ccc3C)N2)C1. The zero-order chi connectivity index (χ0) is 29.6. The second kappa shape index (κ2) is 14.4. The molecule has 6 N–H and O–H groups in total. The van der Waals surface area contributed by atoms with Crippen molar-refractivity contribution in [2.24, 2.45) is 11.8 Å². The van der Waals surface area contributed by atoms with Crippen LogP contribution in [0.5, 0.6) is 0 Å². The zero-order valence-corrected chi connectivity index (χ0v) is 26.1. The van der Waals surface area contributed by atoms with Gasteiger partial charge in [0.25, 0.3) is 5.91 Å². The molecule has 2 saturated heterocycles. The summed E-state index contributed by atoms with van der Waals surface area (Å²) < 4.78 is 5.65. The summed E-state index contributed by atoms with van der Waals surface area (Å²) in [4.78, 5) is 13.8. The van der Waals surface area contributed by atoms with Gasteiger partial charge in [-0.25, -0.2) is 0 Å². The Bertz CT molecular complexity index is 1210. The Morgan fingerprint density at radius 1 is 0.953 bits per heavy atom. The molecule has 6 atom stereocenters. The topological polar surface area (TPSA) is 98.5 Å². The largest absolute Gasteiger partial charge is 0.380 e. The lowest BCUT2D eigenvalue weighted by Crippen LogP contribution is -2.61. The molecule has 0 aromatic heterocycles. The van der Waals surface area contributed by atoms with E-state index in [1.54, 1.807) is 0 Å². The molecule has 8 nitrogen and oxygen atoms in total. The van der Waals surface area contributed by atoms with E-state index in [1.165, 1.54) is 56.2 Å². The average molecular weight is 589 g/mol. The summed E-state index contributed by atoms with van der Waals surface area (Å²) in [6.07, 6.45) is 12.3. The van der Waals surface area contributed by atoms with Gasteiger partial charge in [-0.1, -0.05) is 56.4 Å². The molecule has 1 saturated carbocycles. The van der Waals surface area contributed by atoms with Crippen LogP contribution in [0.3, 0.4) is 0 Å². The fraction of sp³-hybridized carbons (Fsp3) is 0.629. The Morgan fingerprint density at radius 3 is 2.60 bits per heavy atom. The summed E-state index contributed by atoms with van der Waals surface area (Å²) in [5, 5.41) is 21.9. The Kier molecular flexibility index (Phi) is 10.2. The third-order valence-corrected chi connectivity index (χ3v) is 10.4. The maximum atomic E-state index is 13.8. The minimum atomic E-state index is -0.0542. The van der Waals surface area contributed by atoms with E-state index in [-0.39, 0.29) is 30.4 Å². The van der Waals surface area contributed by atoms with Crippen LogP contribution in [-0.4, -0.2) is 63.2 Å². The van der Waals surface area contributed by atoms with Crippen LogP contribution in [0.2, 0.25) is 0 Å². The minimum Gasteiger partial charge on any atom is -0.380 e. The van der Waals surface area contributed by atoms with Crippen LogP contribution in [0.1, 0.15) is 79.3 Å². The van der Waals surface area contributed by atoms with E-state index in [9.17, 15) is 4.79 Å². The van der Waals surface area contributed by atoms with Crippen molar-refractivity contribution in [3.8, 4) is 0 Å². The fourth-order valence-electron chi connectivity index (χ4n) is 7.87. The molecule has 0 bridgehead atoms. The molecular formula is C35H52N6O2. The number of hydrogen-bond acceptors (Lipinski definition) is 7. The van der Waals surface area contributed by atoms with Crippen LogP contribution in [0.4, 0.5) is 11.4 Å². The first-order valence-electron chi connectivity index (χ1n) is 16.8. The van der Waals surface area contributed by atoms with Gasteiger partial charge in [-0.15, -0.1) is 0 Å². The van der Waals surface area contributed by atoms with E-state index in [0.717, 1.165) is 50.1 Å². The van der Waals surface area contributed by atoms with Gasteiger partial charge in [-0.3, -0.25) is 15.4 Å². The molecule has 3 aliphatic heterocycles. The van der Waals surface area contributed by atoms with Crippen LogP contribution in [-0.2, 0) is 11.2 Å². The molecule has 234 valence electrons. The number of fused-ring (bicyclic) bond motifs is 1. The van der Waals surface area contributed by atoms with Crippen molar-refractivity contribution in [3.05, 3.63) is 59.2 Å². The number of benzene rings is 2. The molecular weight excluding hydrogens is 536 g/mol. The number of amides is 1. The maximum absolute atomic E-state index is 13.8. The van der Waals surface area contributed by atoms with Gasteiger partial charge in [0.2, 0.25) is 0 Å². The first-order valence-corrected chi connectivity index (χ1v) is 16.8. The van der Waals surface area contributed by atoms with Crippen LogP contribution in [0, 0.1) is 18.8 Å². The molecule has 4 aliphatic rings. The number of ether oxygens (including phenoxy) is 1. The van der Waals surface area contributed by atoms with E-state index in [2.05, 4.69) is 69.2 Å². The molecule has 6 unspecified atom stereocenters. The maximum Gasteiger partial charge on any atom is 0.251 e. The summed E-state index contributed by atoms with van der Waals surface area (Å²) in [6.45, 7) is 4.99. The fourth-order valence-corrected chi connectivity index (χ4v) is 7.87. The minimum absolute atomic E-state index is 0.00593. The number of anilines is 2. The predicted octanol–water partition coefficient (Wildman–Crippen LogP) is 4.76. The number of para-hydroxylation sites is 1. The van der Waals surface area contributed by atoms with Gasteiger partial charge in [0, 0.05) is 42.7 Å². The summed E-state index contributed by atoms with van der Waals surface area (Å²) in [5.74, 6) is 1.11. The van der Waals surface area contributed by atoms with E-state index in [0.29, 0.717) is 23.4 Å². The smallest absolute Gasteiger partial charge is 0.251 e. The van der Waals surface area contributed by atoms with Crippen molar-refractivity contribution in [1.29, 1.82) is 0 Å². The second-order valence-electron chi connectivity index (χ2n) is 13.4. The highest BCUT2D eigenvalue weighted by molar-refractivity contribution is 5.95. The number of nitrogens with one attached hydrogen (secondary N) is 6. The first-order chi connectivity index (χ1) is 21.1. The molecule has 1 amide bonds. The van der Waals surface area contributed by atoms with E-state index >= 15 is 0 Å². The van der Waals surface area contributed by atoms with Gasteiger partial charge in [0.15, 0.2) is 0 Å². The first kappa shape index (κ1) is 30.4. The normalized spacial score (nSPS) is 30.3. The number of rotatable bonds is 7. The lowest BCUT2D eigenvalue weighted by molar-refractivity contribution is 0.0483. The molecule has 8 heteroatoms. The van der Waals surface area contributed by atoms with Gasteiger partial charge in [0.05, 0.1) is 12.1 Å². The Labute approximate surface area is 257 Å². The van der Waals surface area contributed by atoms with Crippen LogP contribution < -0.4 is 31.9 Å². The van der Waals surface area contributed by atoms with Crippen LogP contribution in [0.15, 0.2) is 42.5 Å². The number of methoxy groups -OCH3 is 1. The molecule has 3 heterocycles. The summed E-state index contributed by atoms with van der Waals surface area (Å²) >= 11 is 0. The van der Waals surface area contributed by atoms with Gasteiger partial charge in [-0.2, -0.15) is 0 Å². The summed E-state index contributed by atoms with van der Waals surface area (Å²) in [5.41, 5.74) is 5.33. The molecule has 1 aliphatic carbocycles. The number of piperidine rings is 1. The van der Waals surface area contributed by atoms with Gasteiger partial charge in [0.1, 0.15) is 6.29 Å². The highest BCUT2D eigenvalue weighted by Gasteiger charge is 2.35. The Balaban J connectivity index is 1.13. The number of aryl methyl sites for hydroxylation is 1. The molecule has 0 radical (unpaired) electrons. The van der Waals surface area contributed by atoms with Gasteiger partial charge < -0.3 is 26.0 Å². The van der Waals surface area contributed by atoms with Crippen molar-refractivity contribution in [2.45, 2.75) is 102 Å². The molecule has 3 fully saturated rings. The van der Waals surface area contributed by atoms with Gasteiger partial charge >= 0.3 is 0 Å². The zero-order valence-electron chi connectivity index (χ0n) is 26.1. The molecule has 2 aromatic carbocycles. The van der Waals surface area contributed by atoms with E-state index in [4.69, 9.17) is 4.74 Å². The van der Waals surface area contributed by atoms with Crippen molar-refractivity contribution in [3.63, 3.8) is 0 Å². The number of carbonyl (C=O) groups is 1. The lowest BCUT2D eigenvalue weighted by Gasteiger charge is -2.41. The average Bonchev–Trinajstić information content (AvgIpc) is 3.02. The standard InChI is InChI=1S/C35H52N6O2/c1-23-14-15-26(20-31(23)41-35-37-17-16-30(40-35)27-18-28(43-2)22-36-21-27)34(42)39-32-19-25-12-8-9-13-29(25)38-33(32)24-10-6-4-3-5-7-11-24/h8-9,12-15,20,24,27-28,30,32-33,35-38,40-41H,3-7,10-11,16-19,21-22H2,1-2H3,(H,39,42). The summed E-state index contributed by atoms with van der Waals surface area (Å²) in [7, 11) is 1.81. The van der Waals surface area contributed by atoms with Crippen molar-refractivity contribution in [2.75, 3.05) is 37.4 Å². The predicted molar refractivity (Wildman–Crippen MR) is 175 cm³/mol. The summed E-state index contributed by atoms with van der Waals surface area (Å²) in [6, 6.07) is 15.4. The van der Waals surface area contributed by atoms with Crippen molar-refractivity contribution < 1.29 is 9.53 Å². The molecule has 2 aromatic rings. The third kappa shape index (κ3) is 7.54. The molecule has 6 rings (SSSR count). The molecule has 0 spiro atoms. The number of carbonyl (C=O) groups excluding carboxylic acids is 1. The monoisotopic (exact) mass is 588 g/mol. The van der Waals surface area contributed by atoms with Crippen molar-refractivity contribution in [1.82, 2.24) is 21.3 Å². The Hall–Kier alpha value is -2.65. The van der Waals surface area contributed by atoms with E-state index < -0.39 is 0 Å². The van der Waals surface area contributed by atoms with Gasteiger partial charge in [-0.05, 0) is 93.3 Å². The third-order valence-electron chi connectivity index (χ3n) is 10.4. The second-order valence-corrected chi connectivity index (χ2v) is 13.4. The van der Waals surface area contributed by atoms with E-state index in [1.807, 2.05) is 19.2 Å². The molecule has 43 heavy (non-hydrogen) atoms.